The summed E-state index contributed by atoms with van der Waals surface area (Å²) in [5.74, 6) is 3.84. The maximum Gasteiger partial charge on any atom is 0.153 e. The van der Waals surface area contributed by atoms with Crippen LogP contribution in [0.4, 0.5) is 0 Å². The van der Waals surface area contributed by atoms with Gasteiger partial charge in [0.05, 0.1) is 36.2 Å². The lowest BCUT2D eigenvalue weighted by Crippen LogP contribution is -1.96. The molecule has 5 rings (SSSR count). The van der Waals surface area contributed by atoms with Gasteiger partial charge in [0.2, 0.25) is 0 Å². The van der Waals surface area contributed by atoms with Gasteiger partial charge >= 0.3 is 0 Å². The van der Waals surface area contributed by atoms with E-state index in [1.807, 2.05) is 115 Å². The average Bonchev–Trinajstić information content (AvgIpc) is 3.27. The molecule has 13 heteroatoms. The minimum Gasteiger partial charge on any atom is -0.238 e. The smallest absolute Gasteiger partial charge is 0.153 e. The van der Waals surface area contributed by atoms with E-state index in [4.69, 9.17) is 0 Å². The second kappa shape index (κ2) is 45.3. The van der Waals surface area contributed by atoms with Crippen LogP contribution < -0.4 is 0 Å². The molecule has 0 bridgehead atoms. The van der Waals surface area contributed by atoms with E-state index in [1.54, 1.807) is 49.6 Å². The summed E-state index contributed by atoms with van der Waals surface area (Å²) in [7, 11) is 0. The minimum absolute atomic E-state index is 0.374. The molecule has 0 aromatic carbocycles. The molecule has 0 radical (unpaired) electrons. The molecule has 0 saturated heterocycles. The Morgan fingerprint density at radius 3 is 1.02 bits per heavy atom. The highest BCUT2D eigenvalue weighted by Crippen LogP contribution is 2.10. The van der Waals surface area contributed by atoms with Gasteiger partial charge in [0, 0.05) is 36.6 Å². The molecule has 0 unspecified atom stereocenters. The molecule has 0 amide bonds. The molecule has 0 aliphatic heterocycles. The second-order valence-corrected chi connectivity index (χ2v) is 11.1. The van der Waals surface area contributed by atoms with Crippen LogP contribution in [0.3, 0.4) is 0 Å². The van der Waals surface area contributed by atoms with Crippen molar-refractivity contribution in [2.24, 2.45) is 0 Å². The first kappa shape index (κ1) is 59.5. The van der Waals surface area contributed by atoms with E-state index in [9.17, 15) is 0 Å². The largest absolute Gasteiger partial charge is 0.238 e. The predicted molar refractivity (Wildman–Crippen MR) is 231 cm³/mol. The van der Waals surface area contributed by atoms with Crippen LogP contribution in [0.1, 0.15) is 197 Å². The van der Waals surface area contributed by atoms with Gasteiger partial charge in [-0.05, 0) is 41.5 Å². The molecular weight excluding hydrogens is 687 g/mol. The first-order valence-corrected chi connectivity index (χ1v) is 20.0. The first-order chi connectivity index (χ1) is 26.5. The summed E-state index contributed by atoms with van der Waals surface area (Å²) in [5, 5.41) is 37.4. The van der Waals surface area contributed by atoms with E-state index in [0.29, 0.717) is 29.6 Å². The fraction of sp³-hybridized carbons (Fsp3) is 0.595. The van der Waals surface area contributed by atoms with E-state index < -0.39 is 0 Å². The van der Waals surface area contributed by atoms with E-state index in [-0.39, 0.29) is 0 Å². The van der Waals surface area contributed by atoms with Crippen molar-refractivity contribution in [2.45, 2.75) is 168 Å². The molecule has 0 N–H and O–H groups in total. The molecule has 5 heterocycles. The van der Waals surface area contributed by atoms with Gasteiger partial charge < -0.3 is 0 Å². The summed E-state index contributed by atoms with van der Waals surface area (Å²) in [4.78, 5) is 12.0. The Balaban J connectivity index is -0.000000179. The van der Waals surface area contributed by atoms with Gasteiger partial charge in [-0.3, -0.25) is 0 Å². The molecule has 0 fully saturated rings. The molecule has 0 aliphatic rings. The van der Waals surface area contributed by atoms with Gasteiger partial charge in [0.25, 0.3) is 0 Å². The average molecular weight is 764 g/mol. The molecular formula is C42H77N13. The van der Waals surface area contributed by atoms with Crippen LogP contribution in [0.5, 0.6) is 0 Å². The van der Waals surface area contributed by atoms with Crippen molar-refractivity contribution in [1.29, 1.82) is 0 Å². The summed E-state index contributed by atoms with van der Waals surface area (Å²) in [5.41, 5.74) is 3.28. The number of rotatable bonds is 5. The second-order valence-electron chi connectivity index (χ2n) is 11.1. The monoisotopic (exact) mass is 764 g/mol. The minimum atomic E-state index is 0.374. The van der Waals surface area contributed by atoms with Crippen molar-refractivity contribution in [2.75, 3.05) is 0 Å². The Morgan fingerprint density at radius 1 is 0.345 bits per heavy atom. The van der Waals surface area contributed by atoms with Crippen molar-refractivity contribution in [1.82, 2.24) is 65.9 Å². The van der Waals surface area contributed by atoms with E-state index in [1.165, 1.54) is 11.9 Å². The molecule has 13 nitrogen and oxygen atoms in total. The first-order valence-electron chi connectivity index (χ1n) is 20.0. The molecule has 5 aromatic heterocycles. The van der Waals surface area contributed by atoms with Gasteiger partial charge in [-0.2, -0.15) is 35.7 Å². The lowest BCUT2D eigenvalue weighted by molar-refractivity contribution is 0.735. The quantitative estimate of drug-likeness (QED) is 0.166. The Labute approximate surface area is 336 Å². The lowest BCUT2D eigenvalue weighted by Gasteiger charge is -2.00. The highest BCUT2D eigenvalue weighted by molar-refractivity contribution is 5.09. The Hall–Kier alpha value is -4.81. The van der Waals surface area contributed by atoms with E-state index >= 15 is 0 Å². The van der Waals surface area contributed by atoms with Gasteiger partial charge in [-0.1, -0.05) is 138 Å². The number of hydrogen-bond acceptors (Lipinski definition) is 13. The summed E-state index contributed by atoms with van der Waals surface area (Å²) < 4.78 is 0. The van der Waals surface area contributed by atoms with Crippen LogP contribution in [0.15, 0.2) is 74.1 Å². The maximum atomic E-state index is 4.00. The van der Waals surface area contributed by atoms with Crippen LogP contribution in [0.2, 0.25) is 0 Å². The van der Waals surface area contributed by atoms with Crippen LogP contribution >= 0.6 is 0 Å². The van der Waals surface area contributed by atoms with Crippen LogP contribution in [0.25, 0.3) is 0 Å². The van der Waals surface area contributed by atoms with Gasteiger partial charge in [0.15, 0.2) is 11.6 Å². The van der Waals surface area contributed by atoms with Crippen LogP contribution in [0, 0.1) is 0 Å². The lowest BCUT2D eigenvalue weighted by atomic mass is 10.1. The summed E-state index contributed by atoms with van der Waals surface area (Å²) in [6.07, 6.45) is 14.8. The fourth-order valence-electron chi connectivity index (χ4n) is 2.85. The van der Waals surface area contributed by atoms with E-state index in [2.05, 4.69) is 107 Å². The summed E-state index contributed by atoms with van der Waals surface area (Å²) in [6, 6.07) is 5.87. The number of aromatic nitrogens is 13. The molecule has 5 aromatic rings. The summed E-state index contributed by atoms with van der Waals surface area (Å²) in [6.45, 7) is 40.8. The van der Waals surface area contributed by atoms with Crippen molar-refractivity contribution < 1.29 is 0 Å². The third-order valence-electron chi connectivity index (χ3n) is 5.60. The van der Waals surface area contributed by atoms with Crippen molar-refractivity contribution in [3.05, 3.63) is 103 Å². The topological polar surface area (TPSA) is 168 Å². The zero-order valence-corrected chi connectivity index (χ0v) is 38.1. The third kappa shape index (κ3) is 36.0. The zero-order valence-electron chi connectivity index (χ0n) is 38.1. The molecule has 0 aliphatic carbocycles. The van der Waals surface area contributed by atoms with Gasteiger partial charge in [0.1, 0.15) is 6.33 Å². The Kier molecular flexibility index (Phi) is 49.0. The molecule has 0 saturated carbocycles. The predicted octanol–water partition coefficient (Wildman–Crippen LogP) is 11.3. The number of nitrogens with zero attached hydrogens (tertiary/aromatic N) is 13. The normalized spacial score (nSPS) is 8.82. The van der Waals surface area contributed by atoms with Crippen LogP contribution in [-0.2, 0) is 0 Å². The number of hydrogen-bond donors (Lipinski definition) is 0. The standard InChI is InChI=1S/2C7H10N2.3C6H9N3.5C2H6/c1-6(2)7-3-4-8-9-5-7;1-6(2)7-4-3-5-8-9-7;1-5(2)6-3-8-9-4-7-6;2*1-5(2)6-7-3-4-8-9-6;5*1-2/h2*3-6H,1-2H3;3*3-5H,1-2H3;5*1-2H3. The highest BCUT2D eigenvalue weighted by atomic mass is 15.1. The van der Waals surface area contributed by atoms with Crippen molar-refractivity contribution >= 4 is 0 Å². The maximum absolute atomic E-state index is 4.00. The Bertz CT molecular complexity index is 1110. The molecule has 0 atom stereocenters. The fourth-order valence-corrected chi connectivity index (χ4v) is 2.85. The Morgan fingerprint density at radius 2 is 0.800 bits per heavy atom. The SMILES string of the molecule is CC.CC.CC.CC.CC.CC(C)c1cccnn1.CC(C)c1ccnnc1.CC(C)c1cnncn1.CC(C)c1nccnn1.CC(C)c1nccnn1. The highest BCUT2D eigenvalue weighted by Gasteiger charge is 2.00. The third-order valence-corrected chi connectivity index (χ3v) is 5.60. The van der Waals surface area contributed by atoms with Gasteiger partial charge in [-0.25, -0.2) is 15.0 Å². The summed E-state index contributed by atoms with van der Waals surface area (Å²) >= 11 is 0. The molecule has 310 valence electrons. The molecule has 55 heavy (non-hydrogen) atoms. The van der Waals surface area contributed by atoms with Gasteiger partial charge in [-0.15, -0.1) is 15.3 Å². The van der Waals surface area contributed by atoms with Crippen molar-refractivity contribution in [3.63, 3.8) is 0 Å². The molecule has 0 spiro atoms. The van der Waals surface area contributed by atoms with Crippen molar-refractivity contribution in [3.8, 4) is 0 Å². The van der Waals surface area contributed by atoms with Crippen LogP contribution in [-0.4, -0.2) is 65.9 Å². The zero-order chi connectivity index (χ0) is 43.5. The van der Waals surface area contributed by atoms with E-state index in [0.717, 1.165) is 23.0 Å².